The largest absolute Gasteiger partial charge is 0.314 e. The van der Waals surface area contributed by atoms with Crippen LogP contribution in [0.4, 0.5) is 0 Å². The molecule has 1 heterocycles. The molecule has 4 heteroatoms. The lowest BCUT2D eigenvalue weighted by Crippen LogP contribution is -2.19. The van der Waals surface area contributed by atoms with E-state index in [-0.39, 0.29) is 11.2 Å². The monoisotopic (exact) mass is 179 g/mol. The summed E-state index contributed by atoms with van der Waals surface area (Å²) in [5.74, 6) is 0.661. The predicted octanol–water partition coefficient (Wildman–Crippen LogP) is 1.19. The van der Waals surface area contributed by atoms with Crippen LogP contribution in [0.1, 0.15) is 36.8 Å². The van der Waals surface area contributed by atoms with Gasteiger partial charge >= 0.3 is 0 Å². The first-order valence-electron chi connectivity index (χ1n) is 4.58. The van der Waals surface area contributed by atoms with Gasteiger partial charge in [0.25, 0.3) is 0 Å². The van der Waals surface area contributed by atoms with Crippen molar-refractivity contribution in [1.82, 2.24) is 14.8 Å². The Morgan fingerprint density at radius 2 is 2.38 bits per heavy atom. The highest BCUT2D eigenvalue weighted by atomic mass is 16.1. The van der Waals surface area contributed by atoms with Crippen molar-refractivity contribution in [3.63, 3.8) is 0 Å². The number of carbonyl (C=O) groups is 1. The predicted molar refractivity (Wildman–Crippen MR) is 47.3 cm³/mol. The first-order chi connectivity index (χ1) is 6.19. The summed E-state index contributed by atoms with van der Waals surface area (Å²) in [6.45, 7) is 2.06. The van der Waals surface area contributed by atoms with E-state index in [4.69, 9.17) is 0 Å². The van der Waals surface area contributed by atoms with Crippen LogP contribution in [0.5, 0.6) is 0 Å². The van der Waals surface area contributed by atoms with Crippen LogP contribution in [0.15, 0.2) is 6.33 Å². The fourth-order valence-corrected chi connectivity index (χ4v) is 1.62. The van der Waals surface area contributed by atoms with Gasteiger partial charge in [-0.1, -0.05) is 6.92 Å². The van der Waals surface area contributed by atoms with Gasteiger partial charge in [0.05, 0.1) is 0 Å². The second-order valence-electron chi connectivity index (χ2n) is 3.73. The maximum absolute atomic E-state index is 11.9. The van der Waals surface area contributed by atoms with Crippen LogP contribution in [0.25, 0.3) is 0 Å². The van der Waals surface area contributed by atoms with E-state index in [1.807, 2.05) is 0 Å². The lowest BCUT2D eigenvalue weighted by Gasteiger charge is -2.08. The van der Waals surface area contributed by atoms with Gasteiger partial charge in [-0.2, -0.15) is 0 Å². The topological polar surface area (TPSA) is 47.8 Å². The number of carbonyl (C=O) groups excluding carboxylic acids is 1. The van der Waals surface area contributed by atoms with Crippen LogP contribution in [0, 0.1) is 5.41 Å². The zero-order valence-corrected chi connectivity index (χ0v) is 7.95. The van der Waals surface area contributed by atoms with Gasteiger partial charge in [-0.3, -0.25) is 4.79 Å². The van der Waals surface area contributed by atoms with E-state index in [0.29, 0.717) is 5.82 Å². The number of hydrogen-bond acceptors (Lipinski definition) is 3. The first kappa shape index (κ1) is 8.41. The zero-order valence-electron chi connectivity index (χ0n) is 7.95. The molecule has 13 heavy (non-hydrogen) atoms. The van der Waals surface area contributed by atoms with Crippen LogP contribution in [-0.2, 0) is 7.05 Å². The van der Waals surface area contributed by atoms with Crippen LogP contribution in [0.2, 0.25) is 0 Å². The van der Waals surface area contributed by atoms with Gasteiger partial charge in [-0.25, -0.2) is 0 Å². The molecule has 0 saturated heterocycles. The lowest BCUT2D eigenvalue weighted by atomic mass is 9.97. The fraction of sp³-hybridized carbons (Fsp3) is 0.667. The quantitative estimate of drug-likeness (QED) is 0.655. The third kappa shape index (κ3) is 1.17. The van der Waals surface area contributed by atoms with E-state index in [1.165, 1.54) is 0 Å². The average molecular weight is 179 g/mol. The molecular weight excluding hydrogens is 166 g/mol. The minimum atomic E-state index is -0.0964. The molecule has 2 rings (SSSR count). The van der Waals surface area contributed by atoms with E-state index in [9.17, 15) is 4.79 Å². The number of ketones is 1. The van der Waals surface area contributed by atoms with Gasteiger partial charge < -0.3 is 4.57 Å². The Morgan fingerprint density at radius 1 is 1.69 bits per heavy atom. The SMILES string of the molecule is CCC1(C(=O)c2nncn2C)CC1. The molecule has 0 aliphatic heterocycles. The molecule has 70 valence electrons. The molecule has 1 saturated carbocycles. The highest BCUT2D eigenvalue weighted by Gasteiger charge is 2.49. The van der Waals surface area contributed by atoms with Gasteiger partial charge in [0.15, 0.2) is 5.82 Å². The molecular formula is C9H13N3O. The fourth-order valence-electron chi connectivity index (χ4n) is 1.62. The summed E-state index contributed by atoms with van der Waals surface area (Å²) in [5, 5.41) is 7.54. The number of Topliss-reactive ketones (excluding diaryl/α,β-unsaturated/α-hetero) is 1. The summed E-state index contributed by atoms with van der Waals surface area (Å²) in [7, 11) is 1.80. The molecule has 1 aromatic heterocycles. The summed E-state index contributed by atoms with van der Waals surface area (Å²) in [6.07, 6.45) is 4.50. The average Bonchev–Trinajstić information content (AvgIpc) is 2.83. The number of aromatic nitrogens is 3. The summed E-state index contributed by atoms with van der Waals surface area (Å²) in [5.41, 5.74) is -0.0964. The maximum Gasteiger partial charge on any atom is 0.206 e. The third-order valence-electron chi connectivity index (χ3n) is 2.93. The molecule has 0 N–H and O–H groups in total. The second-order valence-corrected chi connectivity index (χ2v) is 3.73. The molecule has 1 fully saturated rings. The molecule has 1 aromatic rings. The van der Waals surface area contributed by atoms with Crippen molar-refractivity contribution < 1.29 is 4.79 Å². The highest BCUT2D eigenvalue weighted by molar-refractivity contribution is 5.99. The normalized spacial score (nSPS) is 18.6. The van der Waals surface area contributed by atoms with Crippen molar-refractivity contribution in [2.24, 2.45) is 12.5 Å². The summed E-state index contributed by atoms with van der Waals surface area (Å²) < 4.78 is 1.69. The number of aryl methyl sites for hydroxylation is 1. The number of hydrogen-bond donors (Lipinski definition) is 0. The third-order valence-corrected chi connectivity index (χ3v) is 2.93. The van der Waals surface area contributed by atoms with E-state index >= 15 is 0 Å². The molecule has 0 spiro atoms. The Balaban J connectivity index is 2.28. The molecule has 4 nitrogen and oxygen atoms in total. The van der Waals surface area contributed by atoms with Gasteiger partial charge in [-0.15, -0.1) is 10.2 Å². The van der Waals surface area contributed by atoms with Crippen molar-refractivity contribution in [2.75, 3.05) is 0 Å². The number of rotatable bonds is 3. The van der Waals surface area contributed by atoms with Crippen LogP contribution >= 0.6 is 0 Å². The molecule has 0 atom stereocenters. The van der Waals surface area contributed by atoms with Crippen LogP contribution in [-0.4, -0.2) is 20.5 Å². The van der Waals surface area contributed by atoms with Crippen LogP contribution < -0.4 is 0 Å². The van der Waals surface area contributed by atoms with E-state index in [2.05, 4.69) is 17.1 Å². The molecule has 0 bridgehead atoms. The Labute approximate surface area is 77.0 Å². The summed E-state index contributed by atoms with van der Waals surface area (Å²) in [6, 6.07) is 0. The smallest absolute Gasteiger partial charge is 0.206 e. The van der Waals surface area contributed by atoms with Crippen molar-refractivity contribution in [3.05, 3.63) is 12.2 Å². The minimum Gasteiger partial charge on any atom is -0.314 e. The molecule has 0 aromatic carbocycles. The molecule has 0 radical (unpaired) electrons. The Bertz CT molecular complexity index is 338. The van der Waals surface area contributed by atoms with E-state index in [1.54, 1.807) is 17.9 Å². The molecule has 1 aliphatic rings. The van der Waals surface area contributed by atoms with Gasteiger partial charge in [-0.05, 0) is 19.3 Å². The van der Waals surface area contributed by atoms with Crippen molar-refractivity contribution >= 4 is 5.78 Å². The van der Waals surface area contributed by atoms with Crippen LogP contribution in [0.3, 0.4) is 0 Å². The standard InChI is InChI=1S/C9H13N3O/c1-3-9(4-5-9)7(13)8-11-10-6-12(8)2/h6H,3-5H2,1-2H3. The molecule has 0 unspecified atom stereocenters. The second kappa shape index (κ2) is 2.65. The molecule has 0 amide bonds. The van der Waals surface area contributed by atoms with E-state index < -0.39 is 0 Å². The van der Waals surface area contributed by atoms with Gasteiger partial charge in [0.2, 0.25) is 5.78 Å². The summed E-state index contributed by atoms with van der Waals surface area (Å²) >= 11 is 0. The van der Waals surface area contributed by atoms with Crippen molar-refractivity contribution in [2.45, 2.75) is 26.2 Å². The Morgan fingerprint density at radius 3 is 2.77 bits per heavy atom. The lowest BCUT2D eigenvalue weighted by molar-refractivity contribution is 0.0882. The first-order valence-corrected chi connectivity index (χ1v) is 4.58. The summed E-state index contributed by atoms with van der Waals surface area (Å²) in [4.78, 5) is 11.9. The zero-order chi connectivity index (χ0) is 9.47. The Kier molecular flexibility index (Phi) is 1.71. The highest BCUT2D eigenvalue weighted by Crippen LogP contribution is 2.50. The number of nitrogens with zero attached hydrogens (tertiary/aromatic N) is 3. The van der Waals surface area contributed by atoms with Crippen molar-refractivity contribution in [1.29, 1.82) is 0 Å². The Hall–Kier alpha value is -1.19. The maximum atomic E-state index is 11.9. The van der Waals surface area contributed by atoms with Gasteiger partial charge in [0.1, 0.15) is 6.33 Å². The molecule has 1 aliphatic carbocycles. The minimum absolute atomic E-state index is 0.0964. The van der Waals surface area contributed by atoms with E-state index in [0.717, 1.165) is 19.3 Å². The van der Waals surface area contributed by atoms with Gasteiger partial charge in [0, 0.05) is 12.5 Å². The van der Waals surface area contributed by atoms with Crippen molar-refractivity contribution in [3.8, 4) is 0 Å².